The molecule has 0 aliphatic heterocycles. The van der Waals surface area contributed by atoms with Crippen LogP contribution in [0.4, 0.5) is 0 Å². The summed E-state index contributed by atoms with van der Waals surface area (Å²) in [7, 11) is 0. The zero-order valence-electron chi connectivity index (χ0n) is 7.34. The van der Waals surface area contributed by atoms with Crippen LogP contribution in [0.15, 0.2) is 23.4 Å². The molecule has 0 saturated carbocycles. The van der Waals surface area contributed by atoms with Gasteiger partial charge in [0.05, 0.1) is 6.20 Å². The Bertz CT molecular complexity index is 470. The Morgan fingerprint density at radius 2 is 2.38 bits per heavy atom. The smallest absolute Gasteiger partial charge is 0.259 e. The van der Waals surface area contributed by atoms with E-state index in [0.717, 1.165) is 6.42 Å². The summed E-state index contributed by atoms with van der Waals surface area (Å²) in [5, 5.41) is 4.11. The molecule has 0 saturated heterocycles. The molecule has 5 nitrogen and oxygen atoms in total. The van der Waals surface area contributed by atoms with E-state index in [1.54, 1.807) is 18.6 Å². The van der Waals surface area contributed by atoms with E-state index in [0.29, 0.717) is 12.2 Å². The average molecular weight is 178 g/mol. The van der Waals surface area contributed by atoms with Crippen LogP contribution in [0.3, 0.4) is 0 Å². The SMILES string of the molecule is CCCn1nc2cnccn2c1=O. The van der Waals surface area contributed by atoms with E-state index < -0.39 is 0 Å². The maximum absolute atomic E-state index is 11.6. The van der Waals surface area contributed by atoms with Crippen molar-refractivity contribution in [3.8, 4) is 0 Å². The quantitative estimate of drug-likeness (QED) is 0.664. The third-order valence-corrected chi connectivity index (χ3v) is 1.82. The van der Waals surface area contributed by atoms with Gasteiger partial charge >= 0.3 is 5.69 Å². The van der Waals surface area contributed by atoms with Gasteiger partial charge in [-0.3, -0.25) is 4.98 Å². The third-order valence-electron chi connectivity index (χ3n) is 1.82. The van der Waals surface area contributed by atoms with Gasteiger partial charge in [-0.05, 0) is 6.42 Å². The van der Waals surface area contributed by atoms with Crippen LogP contribution >= 0.6 is 0 Å². The van der Waals surface area contributed by atoms with Crippen molar-refractivity contribution in [3.63, 3.8) is 0 Å². The van der Waals surface area contributed by atoms with Crippen molar-refractivity contribution in [2.45, 2.75) is 19.9 Å². The maximum Gasteiger partial charge on any atom is 0.350 e. The first kappa shape index (κ1) is 7.97. The molecule has 0 spiro atoms. The normalized spacial score (nSPS) is 10.8. The fraction of sp³-hybridized carbons (Fsp3) is 0.375. The average Bonchev–Trinajstić information content (AvgIpc) is 2.46. The predicted octanol–water partition coefficient (Wildman–Crippen LogP) is 0.301. The Labute approximate surface area is 74.6 Å². The van der Waals surface area contributed by atoms with E-state index in [2.05, 4.69) is 10.1 Å². The zero-order chi connectivity index (χ0) is 9.26. The van der Waals surface area contributed by atoms with Crippen LogP contribution in [0.5, 0.6) is 0 Å². The van der Waals surface area contributed by atoms with Gasteiger partial charge < -0.3 is 0 Å². The lowest BCUT2D eigenvalue weighted by atomic mass is 10.5. The summed E-state index contributed by atoms with van der Waals surface area (Å²) >= 11 is 0. The minimum absolute atomic E-state index is 0.0979. The Kier molecular flexibility index (Phi) is 1.84. The maximum atomic E-state index is 11.6. The highest BCUT2D eigenvalue weighted by Gasteiger charge is 2.03. The molecule has 5 heteroatoms. The largest absolute Gasteiger partial charge is 0.350 e. The molecule has 13 heavy (non-hydrogen) atoms. The van der Waals surface area contributed by atoms with Crippen LogP contribution in [0.1, 0.15) is 13.3 Å². The zero-order valence-corrected chi connectivity index (χ0v) is 7.34. The minimum Gasteiger partial charge on any atom is -0.259 e. The van der Waals surface area contributed by atoms with Gasteiger partial charge in [-0.2, -0.15) is 0 Å². The molecule has 0 N–H and O–H groups in total. The summed E-state index contributed by atoms with van der Waals surface area (Å²) < 4.78 is 2.94. The van der Waals surface area contributed by atoms with Crippen molar-refractivity contribution in [3.05, 3.63) is 29.1 Å². The molecule has 0 amide bonds. The van der Waals surface area contributed by atoms with Gasteiger partial charge in [0.15, 0.2) is 5.65 Å². The number of hydrogen-bond acceptors (Lipinski definition) is 3. The van der Waals surface area contributed by atoms with Gasteiger partial charge in [0, 0.05) is 18.9 Å². The highest BCUT2D eigenvalue weighted by molar-refractivity contribution is 5.31. The first-order chi connectivity index (χ1) is 6.33. The molecule has 2 aromatic heterocycles. The van der Waals surface area contributed by atoms with Crippen molar-refractivity contribution in [1.29, 1.82) is 0 Å². The molecule has 0 fully saturated rings. The van der Waals surface area contributed by atoms with Crippen molar-refractivity contribution in [1.82, 2.24) is 19.2 Å². The van der Waals surface area contributed by atoms with Crippen LogP contribution in [0.2, 0.25) is 0 Å². The van der Waals surface area contributed by atoms with Gasteiger partial charge in [0.25, 0.3) is 0 Å². The second-order valence-electron chi connectivity index (χ2n) is 2.81. The summed E-state index contributed by atoms with van der Waals surface area (Å²) in [6, 6.07) is 0. The second-order valence-corrected chi connectivity index (χ2v) is 2.81. The molecule has 0 aromatic carbocycles. The first-order valence-corrected chi connectivity index (χ1v) is 4.22. The van der Waals surface area contributed by atoms with Crippen molar-refractivity contribution in [2.75, 3.05) is 0 Å². The monoisotopic (exact) mass is 178 g/mol. The highest BCUT2D eigenvalue weighted by Crippen LogP contribution is 1.92. The molecule has 0 radical (unpaired) electrons. The van der Waals surface area contributed by atoms with Crippen molar-refractivity contribution in [2.24, 2.45) is 0 Å². The molecular weight excluding hydrogens is 168 g/mol. The lowest BCUT2D eigenvalue weighted by Gasteiger charge is -1.90. The molecule has 2 rings (SSSR count). The van der Waals surface area contributed by atoms with Crippen LogP contribution in [-0.2, 0) is 6.54 Å². The van der Waals surface area contributed by atoms with Gasteiger partial charge in [-0.15, -0.1) is 5.10 Å². The number of rotatable bonds is 2. The third kappa shape index (κ3) is 1.22. The first-order valence-electron chi connectivity index (χ1n) is 4.22. The van der Waals surface area contributed by atoms with E-state index in [4.69, 9.17) is 0 Å². The van der Waals surface area contributed by atoms with Crippen molar-refractivity contribution >= 4 is 5.65 Å². The fourth-order valence-electron chi connectivity index (χ4n) is 1.24. The Morgan fingerprint density at radius 1 is 1.54 bits per heavy atom. The Morgan fingerprint density at radius 3 is 3.08 bits per heavy atom. The van der Waals surface area contributed by atoms with E-state index in [1.807, 2.05) is 6.92 Å². The number of hydrogen-bond donors (Lipinski definition) is 0. The lowest BCUT2D eigenvalue weighted by Crippen LogP contribution is -2.20. The molecule has 0 aliphatic carbocycles. The predicted molar refractivity (Wildman–Crippen MR) is 47.5 cm³/mol. The number of aromatic nitrogens is 4. The second kappa shape index (κ2) is 3.01. The highest BCUT2D eigenvalue weighted by atomic mass is 16.2. The molecule has 0 atom stereocenters. The molecule has 0 unspecified atom stereocenters. The lowest BCUT2D eigenvalue weighted by molar-refractivity contribution is 0.582. The molecular formula is C8H10N4O. The van der Waals surface area contributed by atoms with E-state index in [9.17, 15) is 4.79 Å². The molecule has 2 heterocycles. The summed E-state index contributed by atoms with van der Waals surface area (Å²) in [4.78, 5) is 15.4. The standard InChI is InChI=1S/C8H10N4O/c1-2-4-12-8(13)11-5-3-9-6-7(11)10-12/h3,5-6H,2,4H2,1H3. The van der Waals surface area contributed by atoms with Crippen LogP contribution in [0, 0.1) is 0 Å². The van der Waals surface area contributed by atoms with Gasteiger partial charge in [0.1, 0.15) is 0 Å². The minimum atomic E-state index is -0.0979. The number of nitrogens with zero attached hydrogens (tertiary/aromatic N) is 4. The molecule has 2 aromatic rings. The topological polar surface area (TPSA) is 52.2 Å². The van der Waals surface area contributed by atoms with Crippen LogP contribution in [0.25, 0.3) is 5.65 Å². The number of aryl methyl sites for hydroxylation is 1. The summed E-state index contributed by atoms with van der Waals surface area (Å²) in [6.07, 6.45) is 5.67. The van der Waals surface area contributed by atoms with Crippen molar-refractivity contribution < 1.29 is 0 Å². The Hall–Kier alpha value is -1.65. The molecule has 0 aliphatic rings. The van der Waals surface area contributed by atoms with E-state index >= 15 is 0 Å². The van der Waals surface area contributed by atoms with E-state index in [-0.39, 0.29) is 5.69 Å². The number of fused-ring (bicyclic) bond motifs is 1. The molecule has 68 valence electrons. The van der Waals surface area contributed by atoms with E-state index in [1.165, 1.54) is 9.08 Å². The van der Waals surface area contributed by atoms with Gasteiger partial charge in [0.2, 0.25) is 0 Å². The summed E-state index contributed by atoms with van der Waals surface area (Å²) in [5.74, 6) is 0. The summed E-state index contributed by atoms with van der Waals surface area (Å²) in [6.45, 7) is 2.66. The van der Waals surface area contributed by atoms with Crippen LogP contribution in [-0.4, -0.2) is 19.2 Å². The van der Waals surface area contributed by atoms with Gasteiger partial charge in [-0.1, -0.05) is 6.92 Å². The van der Waals surface area contributed by atoms with Gasteiger partial charge in [-0.25, -0.2) is 13.9 Å². The van der Waals surface area contributed by atoms with Crippen LogP contribution < -0.4 is 5.69 Å². The summed E-state index contributed by atoms with van der Waals surface area (Å²) in [5.41, 5.74) is 0.500. The fourth-order valence-corrected chi connectivity index (χ4v) is 1.24. The molecule has 0 bridgehead atoms. The Balaban J connectivity index is 2.67.